The number of fused-ring (bicyclic) bond motifs is 5. The van der Waals surface area contributed by atoms with Crippen LogP contribution in [-0.4, -0.2) is 9.97 Å². The predicted molar refractivity (Wildman–Crippen MR) is 200 cm³/mol. The second-order valence-electron chi connectivity index (χ2n) is 11.8. The Labute approximate surface area is 277 Å². The number of aromatic nitrogens is 2. The van der Waals surface area contributed by atoms with Gasteiger partial charge < -0.3 is 0 Å². The first-order valence-corrected chi connectivity index (χ1v) is 16.6. The summed E-state index contributed by atoms with van der Waals surface area (Å²) in [4.78, 5) is 10.2. The van der Waals surface area contributed by atoms with Crippen LogP contribution in [0.2, 0.25) is 0 Å². The molecule has 0 spiro atoms. The molecule has 0 atom stereocenters. The molecular weight excluding hydrogens is 589 g/mol. The highest BCUT2D eigenvalue weighted by atomic mass is 32.1. The SMILES string of the molecule is c1ccc(-c2cc(-c3cc(-c4ccccc4)nc(-c4ccccc4)n3)cc(-c3cccc4c3sc3ccc5ccccc5c34)c2)cc1. The van der Waals surface area contributed by atoms with Crippen molar-refractivity contribution in [1.82, 2.24) is 9.97 Å². The van der Waals surface area contributed by atoms with Gasteiger partial charge in [-0.3, -0.25) is 0 Å². The first kappa shape index (κ1) is 27.4. The average molecular weight is 617 g/mol. The van der Waals surface area contributed by atoms with Crippen LogP contribution in [0.25, 0.3) is 87.1 Å². The standard InChI is InChI=1S/C44H28N2S/c1-4-13-29(14-5-1)33-25-34(37-21-12-22-38-42-36-20-11-10-15-30(36)23-24-41(42)47-43(37)38)27-35(26-33)40-28-39(31-16-6-2-7-17-31)45-44(46-40)32-18-8-3-9-19-32/h1-28H. The lowest BCUT2D eigenvalue weighted by molar-refractivity contribution is 1.18. The van der Waals surface area contributed by atoms with E-state index in [9.17, 15) is 0 Å². The molecular formula is C44H28N2S. The number of hydrogen-bond donors (Lipinski definition) is 0. The number of rotatable bonds is 5. The largest absolute Gasteiger partial charge is 0.228 e. The Balaban J connectivity index is 1.30. The van der Waals surface area contributed by atoms with Crippen LogP contribution in [0.4, 0.5) is 0 Å². The zero-order valence-corrected chi connectivity index (χ0v) is 26.3. The molecule has 0 aliphatic rings. The summed E-state index contributed by atoms with van der Waals surface area (Å²) in [5, 5.41) is 5.20. The lowest BCUT2D eigenvalue weighted by Crippen LogP contribution is -1.96. The molecule has 0 amide bonds. The van der Waals surface area contributed by atoms with Gasteiger partial charge in [0.05, 0.1) is 11.4 Å². The highest BCUT2D eigenvalue weighted by Gasteiger charge is 2.16. The normalized spacial score (nSPS) is 11.4. The van der Waals surface area contributed by atoms with Crippen LogP contribution in [0.3, 0.4) is 0 Å². The molecule has 2 heterocycles. The Morgan fingerprint density at radius 3 is 1.74 bits per heavy atom. The van der Waals surface area contributed by atoms with Crippen molar-refractivity contribution in [3.05, 3.63) is 170 Å². The van der Waals surface area contributed by atoms with E-state index in [0.717, 1.165) is 33.6 Å². The zero-order valence-electron chi connectivity index (χ0n) is 25.5. The van der Waals surface area contributed by atoms with E-state index in [-0.39, 0.29) is 0 Å². The Morgan fingerprint density at radius 2 is 0.979 bits per heavy atom. The summed E-state index contributed by atoms with van der Waals surface area (Å²) >= 11 is 1.88. The Bertz CT molecular complexity index is 2500. The summed E-state index contributed by atoms with van der Waals surface area (Å²) in [6, 6.07) is 60.2. The smallest absolute Gasteiger partial charge is 0.160 e. The summed E-state index contributed by atoms with van der Waals surface area (Å²) in [6.07, 6.45) is 0. The van der Waals surface area contributed by atoms with E-state index in [2.05, 4.69) is 146 Å². The summed E-state index contributed by atoms with van der Waals surface area (Å²) in [6.45, 7) is 0. The molecule has 47 heavy (non-hydrogen) atoms. The molecule has 0 fully saturated rings. The van der Waals surface area contributed by atoms with Crippen molar-refractivity contribution < 1.29 is 0 Å². The Kier molecular flexibility index (Phi) is 6.69. The van der Waals surface area contributed by atoms with Gasteiger partial charge in [0.15, 0.2) is 5.82 Å². The van der Waals surface area contributed by atoms with E-state index < -0.39 is 0 Å². The van der Waals surface area contributed by atoms with Crippen LogP contribution >= 0.6 is 11.3 Å². The molecule has 2 aromatic heterocycles. The van der Waals surface area contributed by atoms with Crippen LogP contribution in [0.1, 0.15) is 0 Å². The second kappa shape index (κ2) is 11.5. The van der Waals surface area contributed by atoms with Crippen molar-refractivity contribution in [3.8, 4) is 56.2 Å². The first-order valence-electron chi connectivity index (χ1n) is 15.8. The molecule has 9 aromatic rings. The summed E-state index contributed by atoms with van der Waals surface area (Å²) in [5.74, 6) is 0.715. The van der Waals surface area contributed by atoms with Crippen LogP contribution < -0.4 is 0 Å². The van der Waals surface area contributed by atoms with Gasteiger partial charge in [-0.2, -0.15) is 0 Å². The fourth-order valence-electron chi connectivity index (χ4n) is 6.59. The maximum atomic E-state index is 5.19. The van der Waals surface area contributed by atoms with E-state index in [0.29, 0.717) is 5.82 Å². The fraction of sp³-hybridized carbons (Fsp3) is 0. The van der Waals surface area contributed by atoms with Crippen molar-refractivity contribution in [1.29, 1.82) is 0 Å². The fourth-order valence-corrected chi connectivity index (χ4v) is 7.85. The third-order valence-electron chi connectivity index (χ3n) is 8.86. The summed E-state index contributed by atoms with van der Waals surface area (Å²) in [7, 11) is 0. The highest BCUT2D eigenvalue weighted by Crippen LogP contribution is 2.44. The minimum absolute atomic E-state index is 0.715. The molecule has 0 N–H and O–H groups in total. The van der Waals surface area contributed by atoms with Gasteiger partial charge in [-0.15, -0.1) is 11.3 Å². The molecule has 0 aliphatic heterocycles. The quantitative estimate of drug-likeness (QED) is 0.192. The van der Waals surface area contributed by atoms with Crippen molar-refractivity contribution in [2.75, 3.05) is 0 Å². The highest BCUT2D eigenvalue weighted by molar-refractivity contribution is 7.26. The van der Waals surface area contributed by atoms with E-state index >= 15 is 0 Å². The van der Waals surface area contributed by atoms with E-state index in [4.69, 9.17) is 9.97 Å². The van der Waals surface area contributed by atoms with Gasteiger partial charge in [-0.25, -0.2) is 9.97 Å². The minimum Gasteiger partial charge on any atom is -0.228 e. The molecule has 220 valence electrons. The second-order valence-corrected chi connectivity index (χ2v) is 12.9. The maximum absolute atomic E-state index is 5.19. The maximum Gasteiger partial charge on any atom is 0.160 e. The van der Waals surface area contributed by atoms with Gasteiger partial charge in [0.1, 0.15) is 0 Å². The van der Waals surface area contributed by atoms with Crippen LogP contribution in [0.5, 0.6) is 0 Å². The van der Waals surface area contributed by atoms with Gasteiger partial charge in [0.2, 0.25) is 0 Å². The monoisotopic (exact) mass is 616 g/mol. The van der Waals surface area contributed by atoms with E-state index in [1.165, 1.54) is 47.6 Å². The van der Waals surface area contributed by atoms with Crippen molar-refractivity contribution >= 4 is 42.3 Å². The first-order chi connectivity index (χ1) is 23.3. The number of nitrogens with zero attached hydrogens (tertiary/aromatic N) is 2. The van der Waals surface area contributed by atoms with Gasteiger partial charge in [0, 0.05) is 36.9 Å². The molecule has 0 aliphatic carbocycles. The van der Waals surface area contributed by atoms with Crippen LogP contribution in [-0.2, 0) is 0 Å². The number of thiophene rings is 1. The topological polar surface area (TPSA) is 25.8 Å². The Morgan fingerprint density at radius 1 is 0.383 bits per heavy atom. The minimum atomic E-state index is 0.715. The molecule has 2 nitrogen and oxygen atoms in total. The molecule has 0 saturated carbocycles. The lowest BCUT2D eigenvalue weighted by atomic mass is 9.93. The number of hydrogen-bond acceptors (Lipinski definition) is 3. The molecule has 0 unspecified atom stereocenters. The lowest BCUT2D eigenvalue weighted by Gasteiger charge is -2.13. The molecule has 0 saturated heterocycles. The molecule has 0 bridgehead atoms. The molecule has 3 heteroatoms. The van der Waals surface area contributed by atoms with Crippen molar-refractivity contribution in [2.24, 2.45) is 0 Å². The third-order valence-corrected chi connectivity index (χ3v) is 10.1. The van der Waals surface area contributed by atoms with Crippen LogP contribution in [0.15, 0.2) is 170 Å². The zero-order chi connectivity index (χ0) is 31.2. The molecule has 9 rings (SSSR count). The summed E-state index contributed by atoms with van der Waals surface area (Å²) in [5.41, 5.74) is 9.64. The van der Waals surface area contributed by atoms with Crippen molar-refractivity contribution in [3.63, 3.8) is 0 Å². The van der Waals surface area contributed by atoms with Crippen LogP contribution in [0, 0.1) is 0 Å². The summed E-state index contributed by atoms with van der Waals surface area (Å²) < 4.78 is 2.61. The van der Waals surface area contributed by atoms with Gasteiger partial charge in [0.25, 0.3) is 0 Å². The third kappa shape index (κ3) is 4.98. The molecule has 0 radical (unpaired) electrons. The van der Waals surface area contributed by atoms with Gasteiger partial charge in [-0.05, 0) is 63.4 Å². The Hall–Kier alpha value is -5.90. The van der Waals surface area contributed by atoms with Crippen molar-refractivity contribution in [2.45, 2.75) is 0 Å². The average Bonchev–Trinajstić information content (AvgIpc) is 3.55. The van der Waals surface area contributed by atoms with E-state index in [1.54, 1.807) is 0 Å². The predicted octanol–water partition coefficient (Wildman–Crippen LogP) is 12.3. The number of benzene rings is 7. The van der Waals surface area contributed by atoms with E-state index in [1.807, 2.05) is 35.6 Å². The molecule has 7 aromatic carbocycles. The van der Waals surface area contributed by atoms with Gasteiger partial charge >= 0.3 is 0 Å². The van der Waals surface area contributed by atoms with Gasteiger partial charge in [-0.1, -0.05) is 140 Å².